The fourth-order valence-corrected chi connectivity index (χ4v) is 3.59. The number of hydrogen-bond acceptors (Lipinski definition) is 6. The number of nitriles is 2. The molecule has 0 saturated carbocycles. The van der Waals surface area contributed by atoms with E-state index in [-0.39, 0.29) is 5.92 Å². The molecule has 0 aliphatic carbocycles. The molecule has 0 aromatic heterocycles. The van der Waals surface area contributed by atoms with Crippen molar-refractivity contribution >= 4 is 5.84 Å². The predicted molar refractivity (Wildman–Crippen MR) is 96.0 cm³/mol. The van der Waals surface area contributed by atoms with Gasteiger partial charge < -0.3 is 16.8 Å². The molecule has 0 amide bonds. The Morgan fingerprint density at radius 2 is 1.88 bits per heavy atom. The summed E-state index contributed by atoms with van der Waals surface area (Å²) in [6.45, 7) is 1.78. The Morgan fingerprint density at radius 3 is 2.52 bits per heavy atom. The Hall–Kier alpha value is -3.09. The van der Waals surface area contributed by atoms with Gasteiger partial charge in [-0.3, -0.25) is 0 Å². The molecule has 2 aliphatic rings. The van der Waals surface area contributed by atoms with Crippen molar-refractivity contribution in [3.8, 4) is 12.1 Å². The Kier molecular flexibility index (Phi) is 4.83. The maximum atomic E-state index is 9.90. The van der Waals surface area contributed by atoms with E-state index >= 15 is 0 Å². The van der Waals surface area contributed by atoms with Crippen LogP contribution in [0.25, 0.3) is 0 Å². The van der Waals surface area contributed by atoms with Gasteiger partial charge in [0.2, 0.25) is 0 Å². The Balaban J connectivity index is 2.20. The largest absolute Gasteiger partial charge is 0.404 e. The quantitative estimate of drug-likeness (QED) is 0.759. The van der Waals surface area contributed by atoms with Crippen molar-refractivity contribution in [1.82, 2.24) is 5.32 Å². The predicted octanol–water partition coefficient (Wildman–Crippen LogP) is 1.63. The standard InChI is InChI=1S/C19H20N6/c20-9-13-3-1-2-4-14(13)17-15(10-21)18(12-5-7-24-8-6-12)25-19(23)16(17)11-22/h1-4,11-12,17,24H,5-8,22H2,(H2,23,25)/b16-11-. The second-order valence-corrected chi connectivity index (χ2v) is 6.19. The van der Waals surface area contributed by atoms with Gasteiger partial charge in [0.05, 0.1) is 34.9 Å². The zero-order valence-corrected chi connectivity index (χ0v) is 13.9. The first-order valence-electron chi connectivity index (χ1n) is 8.31. The highest BCUT2D eigenvalue weighted by atomic mass is 14.9. The number of nitrogens with two attached hydrogens (primary N) is 2. The van der Waals surface area contributed by atoms with E-state index in [1.807, 2.05) is 12.1 Å². The minimum atomic E-state index is -0.451. The van der Waals surface area contributed by atoms with Gasteiger partial charge >= 0.3 is 0 Å². The zero-order chi connectivity index (χ0) is 17.8. The number of piperidine rings is 1. The molecule has 6 heteroatoms. The summed E-state index contributed by atoms with van der Waals surface area (Å²) in [5.41, 5.74) is 15.1. The van der Waals surface area contributed by atoms with Crippen molar-refractivity contribution in [3.05, 3.63) is 58.4 Å². The molecule has 126 valence electrons. The van der Waals surface area contributed by atoms with Crippen LogP contribution in [0.3, 0.4) is 0 Å². The van der Waals surface area contributed by atoms with Crippen LogP contribution in [-0.4, -0.2) is 18.9 Å². The van der Waals surface area contributed by atoms with Crippen LogP contribution in [0.2, 0.25) is 0 Å². The van der Waals surface area contributed by atoms with Gasteiger partial charge in [0.1, 0.15) is 5.84 Å². The highest BCUT2D eigenvalue weighted by molar-refractivity contribution is 6.01. The summed E-state index contributed by atoms with van der Waals surface area (Å²) in [4.78, 5) is 4.53. The number of rotatable bonds is 2. The summed E-state index contributed by atoms with van der Waals surface area (Å²) >= 11 is 0. The summed E-state index contributed by atoms with van der Waals surface area (Å²) < 4.78 is 0. The van der Waals surface area contributed by atoms with Crippen LogP contribution in [0.4, 0.5) is 0 Å². The maximum Gasteiger partial charge on any atom is 0.129 e. The fourth-order valence-electron chi connectivity index (χ4n) is 3.59. The molecule has 6 nitrogen and oxygen atoms in total. The van der Waals surface area contributed by atoms with Gasteiger partial charge in [-0.05, 0) is 37.6 Å². The second-order valence-electron chi connectivity index (χ2n) is 6.19. The van der Waals surface area contributed by atoms with Crippen LogP contribution >= 0.6 is 0 Å². The molecule has 2 aliphatic heterocycles. The van der Waals surface area contributed by atoms with E-state index in [2.05, 4.69) is 22.4 Å². The number of hydrogen-bond donors (Lipinski definition) is 3. The van der Waals surface area contributed by atoms with Crippen molar-refractivity contribution in [2.24, 2.45) is 22.4 Å². The molecule has 1 fully saturated rings. The van der Waals surface area contributed by atoms with Crippen molar-refractivity contribution in [1.29, 1.82) is 10.5 Å². The van der Waals surface area contributed by atoms with E-state index in [1.54, 1.807) is 12.1 Å². The van der Waals surface area contributed by atoms with Crippen molar-refractivity contribution in [3.63, 3.8) is 0 Å². The molecule has 25 heavy (non-hydrogen) atoms. The first-order chi connectivity index (χ1) is 12.2. The van der Waals surface area contributed by atoms with Crippen LogP contribution in [0.15, 0.2) is 52.3 Å². The lowest BCUT2D eigenvalue weighted by Crippen LogP contribution is -2.33. The van der Waals surface area contributed by atoms with Crippen molar-refractivity contribution in [2.45, 2.75) is 18.8 Å². The average Bonchev–Trinajstić information content (AvgIpc) is 2.67. The highest BCUT2D eigenvalue weighted by Gasteiger charge is 2.34. The van der Waals surface area contributed by atoms with Crippen LogP contribution in [0, 0.1) is 28.6 Å². The van der Waals surface area contributed by atoms with Gasteiger partial charge in [-0.1, -0.05) is 18.2 Å². The second kappa shape index (κ2) is 7.21. The van der Waals surface area contributed by atoms with E-state index in [0.717, 1.165) is 37.2 Å². The van der Waals surface area contributed by atoms with Gasteiger partial charge in [-0.2, -0.15) is 10.5 Å². The third kappa shape index (κ3) is 3.00. The molecule has 0 spiro atoms. The molecule has 1 aromatic carbocycles. The lowest BCUT2D eigenvalue weighted by atomic mass is 9.77. The number of allylic oxidation sites excluding steroid dienone is 2. The molecule has 5 N–H and O–H groups in total. The Bertz CT molecular complexity index is 843. The number of nitrogens with zero attached hydrogens (tertiary/aromatic N) is 3. The Labute approximate surface area is 147 Å². The maximum absolute atomic E-state index is 9.90. The lowest BCUT2D eigenvalue weighted by molar-refractivity contribution is 0.414. The molecule has 1 aromatic rings. The molecule has 2 heterocycles. The number of amidine groups is 1. The monoisotopic (exact) mass is 332 g/mol. The average molecular weight is 332 g/mol. The minimum absolute atomic E-state index is 0.186. The fraction of sp³-hybridized carbons (Fsp3) is 0.316. The van der Waals surface area contributed by atoms with E-state index in [9.17, 15) is 10.5 Å². The Morgan fingerprint density at radius 1 is 1.16 bits per heavy atom. The van der Waals surface area contributed by atoms with Gasteiger partial charge in [0.15, 0.2) is 0 Å². The van der Waals surface area contributed by atoms with Gasteiger partial charge in [0.25, 0.3) is 0 Å². The van der Waals surface area contributed by atoms with E-state index in [0.29, 0.717) is 22.5 Å². The van der Waals surface area contributed by atoms with Gasteiger partial charge in [0, 0.05) is 17.7 Å². The highest BCUT2D eigenvalue weighted by Crippen LogP contribution is 2.41. The zero-order valence-electron chi connectivity index (χ0n) is 13.9. The van der Waals surface area contributed by atoms with Gasteiger partial charge in [-0.15, -0.1) is 0 Å². The molecule has 1 atom stereocenters. The SMILES string of the molecule is N#CC1=C(C2CCNCC2)N=C(N)/C(=C\N)C1c1ccccc1C#N. The normalized spacial score (nSPS) is 23.0. The first-order valence-corrected chi connectivity index (χ1v) is 8.31. The van der Waals surface area contributed by atoms with E-state index in [1.165, 1.54) is 6.20 Å². The molecule has 0 radical (unpaired) electrons. The van der Waals surface area contributed by atoms with E-state index < -0.39 is 5.92 Å². The van der Waals surface area contributed by atoms with Crippen molar-refractivity contribution in [2.75, 3.05) is 13.1 Å². The smallest absolute Gasteiger partial charge is 0.129 e. The molecule has 0 bridgehead atoms. The molecule has 1 unspecified atom stereocenters. The molecular weight excluding hydrogens is 312 g/mol. The summed E-state index contributed by atoms with van der Waals surface area (Å²) in [5, 5.41) is 22.7. The third-order valence-electron chi connectivity index (χ3n) is 4.83. The summed E-state index contributed by atoms with van der Waals surface area (Å²) in [7, 11) is 0. The lowest BCUT2D eigenvalue weighted by Gasteiger charge is -2.31. The molecule has 1 saturated heterocycles. The van der Waals surface area contributed by atoms with Crippen LogP contribution in [-0.2, 0) is 0 Å². The number of aliphatic imine (C=N–C) groups is 1. The summed E-state index contributed by atoms with van der Waals surface area (Å²) in [6, 6.07) is 11.8. The number of nitrogens with one attached hydrogen (secondary N) is 1. The minimum Gasteiger partial charge on any atom is -0.404 e. The molecule has 3 rings (SSSR count). The summed E-state index contributed by atoms with van der Waals surface area (Å²) in [6.07, 6.45) is 3.21. The third-order valence-corrected chi connectivity index (χ3v) is 4.83. The van der Waals surface area contributed by atoms with Gasteiger partial charge in [-0.25, -0.2) is 4.99 Å². The topological polar surface area (TPSA) is 124 Å². The van der Waals surface area contributed by atoms with Crippen LogP contribution in [0.1, 0.15) is 29.9 Å². The first kappa shape index (κ1) is 16.8. The number of benzene rings is 1. The van der Waals surface area contributed by atoms with Crippen LogP contribution in [0.5, 0.6) is 0 Å². The van der Waals surface area contributed by atoms with Crippen LogP contribution < -0.4 is 16.8 Å². The summed E-state index contributed by atoms with van der Waals surface area (Å²) in [5.74, 6) is 0.0616. The molecular formula is C19H20N6. The van der Waals surface area contributed by atoms with Crippen molar-refractivity contribution < 1.29 is 0 Å². The van der Waals surface area contributed by atoms with E-state index in [4.69, 9.17) is 11.5 Å².